The normalized spacial score (nSPS) is 16.2. The van der Waals surface area contributed by atoms with E-state index in [1.165, 1.54) is 0 Å². The predicted octanol–water partition coefficient (Wildman–Crippen LogP) is 1.32. The van der Waals surface area contributed by atoms with Crippen molar-refractivity contribution in [3.8, 4) is 0 Å². The molecule has 1 aliphatic carbocycles. The van der Waals surface area contributed by atoms with Crippen LogP contribution in [0.25, 0.3) is 5.65 Å². The highest BCUT2D eigenvalue weighted by Crippen LogP contribution is 2.21. The second-order valence-corrected chi connectivity index (χ2v) is 7.56. The maximum Gasteiger partial charge on any atom is 0.272 e. The van der Waals surface area contributed by atoms with Gasteiger partial charge in [-0.15, -0.1) is 0 Å². The van der Waals surface area contributed by atoms with Gasteiger partial charge >= 0.3 is 0 Å². The van der Waals surface area contributed by atoms with Crippen molar-refractivity contribution in [3.05, 3.63) is 53.2 Å². The molecule has 0 radical (unpaired) electrons. The number of amides is 2. The SMILES string of the molecule is Cc1nc2ccccn2c1CC(=O)N1CCn2nc(C(=O)NC3CC3)cc2C1. The van der Waals surface area contributed by atoms with Crippen molar-refractivity contribution in [3.63, 3.8) is 0 Å². The molecule has 3 aromatic heterocycles. The molecule has 3 aromatic rings. The summed E-state index contributed by atoms with van der Waals surface area (Å²) in [5, 5.41) is 7.37. The monoisotopic (exact) mass is 378 g/mol. The number of rotatable bonds is 4. The second kappa shape index (κ2) is 6.47. The Morgan fingerprint density at radius 1 is 1.25 bits per heavy atom. The fourth-order valence-corrected chi connectivity index (χ4v) is 3.71. The highest BCUT2D eigenvalue weighted by molar-refractivity contribution is 5.92. The zero-order valence-corrected chi connectivity index (χ0v) is 15.8. The largest absolute Gasteiger partial charge is 0.348 e. The molecule has 0 unspecified atom stereocenters. The Balaban J connectivity index is 1.31. The Labute approximate surface area is 162 Å². The lowest BCUT2D eigenvalue weighted by Gasteiger charge is -2.27. The van der Waals surface area contributed by atoms with Gasteiger partial charge in [0.15, 0.2) is 5.69 Å². The summed E-state index contributed by atoms with van der Waals surface area (Å²) in [4.78, 5) is 31.5. The molecule has 0 bridgehead atoms. The summed E-state index contributed by atoms with van der Waals surface area (Å²) >= 11 is 0. The molecule has 2 aliphatic rings. The van der Waals surface area contributed by atoms with Gasteiger partial charge in [0.2, 0.25) is 5.91 Å². The molecule has 144 valence electrons. The molecule has 28 heavy (non-hydrogen) atoms. The molecule has 2 amide bonds. The first-order chi connectivity index (χ1) is 13.6. The van der Waals surface area contributed by atoms with E-state index >= 15 is 0 Å². The predicted molar refractivity (Wildman–Crippen MR) is 102 cm³/mol. The molecular weight excluding hydrogens is 356 g/mol. The van der Waals surface area contributed by atoms with E-state index in [1.54, 1.807) is 6.07 Å². The number of aromatic nitrogens is 4. The van der Waals surface area contributed by atoms with Crippen LogP contribution in [0.5, 0.6) is 0 Å². The zero-order chi connectivity index (χ0) is 19.3. The molecule has 8 nitrogen and oxygen atoms in total. The first-order valence-electron chi connectivity index (χ1n) is 9.66. The summed E-state index contributed by atoms with van der Waals surface area (Å²) in [6.07, 6.45) is 4.34. The summed E-state index contributed by atoms with van der Waals surface area (Å²) in [5.41, 5.74) is 3.99. The molecule has 1 saturated carbocycles. The summed E-state index contributed by atoms with van der Waals surface area (Å²) in [6, 6.07) is 7.93. The van der Waals surface area contributed by atoms with Crippen LogP contribution < -0.4 is 5.32 Å². The van der Waals surface area contributed by atoms with Crippen LogP contribution in [0.2, 0.25) is 0 Å². The van der Waals surface area contributed by atoms with Crippen molar-refractivity contribution in [1.82, 2.24) is 29.4 Å². The van der Waals surface area contributed by atoms with Gasteiger partial charge in [0.05, 0.1) is 36.6 Å². The lowest BCUT2D eigenvalue weighted by Crippen LogP contribution is -2.39. The second-order valence-electron chi connectivity index (χ2n) is 7.56. The van der Waals surface area contributed by atoms with Gasteiger partial charge in [-0.2, -0.15) is 5.10 Å². The number of hydrogen-bond acceptors (Lipinski definition) is 4. The van der Waals surface area contributed by atoms with Crippen LogP contribution in [0.1, 0.15) is 40.4 Å². The van der Waals surface area contributed by atoms with Crippen molar-refractivity contribution < 1.29 is 9.59 Å². The van der Waals surface area contributed by atoms with Gasteiger partial charge in [-0.05, 0) is 38.0 Å². The Morgan fingerprint density at radius 3 is 2.93 bits per heavy atom. The summed E-state index contributed by atoms with van der Waals surface area (Å²) in [7, 11) is 0. The van der Waals surface area contributed by atoms with E-state index in [4.69, 9.17) is 0 Å². The number of imidazole rings is 1. The van der Waals surface area contributed by atoms with E-state index in [9.17, 15) is 9.59 Å². The Bertz CT molecular complexity index is 1080. The zero-order valence-electron chi connectivity index (χ0n) is 15.8. The van der Waals surface area contributed by atoms with Gasteiger partial charge < -0.3 is 14.6 Å². The maximum atomic E-state index is 12.9. The first-order valence-corrected chi connectivity index (χ1v) is 9.66. The molecule has 0 saturated heterocycles. The average Bonchev–Trinajstić information content (AvgIpc) is 3.31. The fourth-order valence-electron chi connectivity index (χ4n) is 3.71. The minimum atomic E-state index is -0.122. The molecule has 5 rings (SSSR count). The highest BCUT2D eigenvalue weighted by atomic mass is 16.2. The third-order valence-corrected chi connectivity index (χ3v) is 5.44. The van der Waals surface area contributed by atoms with Crippen molar-refractivity contribution >= 4 is 17.5 Å². The summed E-state index contributed by atoms with van der Waals surface area (Å²) in [6.45, 7) is 3.60. The number of carbonyl (C=O) groups is 2. The number of hydrogen-bond donors (Lipinski definition) is 1. The van der Waals surface area contributed by atoms with Crippen molar-refractivity contribution in [2.45, 2.75) is 45.3 Å². The number of fused-ring (bicyclic) bond motifs is 2. The molecule has 4 heterocycles. The molecule has 0 aromatic carbocycles. The third-order valence-electron chi connectivity index (χ3n) is 5.44. The quantitative estimate of drug-likeness (QED) is 0.742. The molecule has 1 N–H and O–H groups in total. The van der Waals surface area contributed by atoms with Crippen LogP contribution in [-0.4, -0.2) is 48.5 Å². The number of aryl methyl sites for hydroxylation is 1. The summed E-state index contributed by atoms with van der Waals surface area (Å²) in [5.74, 6) is -0.0613. The third kappa shape index (κ3) is 3.04. The average molecular weight is 378 g/mol. The van der Waals surface area contributed by atoms with Crippen LogP contribution in [0.3, 0.4) is 0 Å². The molecule has 0 atom stereocenters. The van der Waals surface area contributed by atoms with Crippen molar-refractivity contribution in [2.24, 2.45) is 0 Å². The van der Waals surface area contributed by atoms with E-state index in [2.05, 4.69) is 15.4 Å². The van der Waals surface area contributed by atoms with Gasteiger partial charge in [-0.3, -0.25) is 14.3 Å². The van der Waals surface area contributed by atoms with Crippen molar-refractivity contribution in [1.29, 1.82) is 0 Å². The van der Waals surface area contributed by atoms with Crippen molar-refractivity contribution in [2.75, 3.05) is 6.54 Å². The standard InChI is InChI=1S/C20H22N6O2/c1-13-17(25-7-3-2-4-18(25)21-13)11-19(27)24-8-9-26-15(12-24)10-16(23-26)20(28)22-14-5-6-14/h2-4,7,10,14H,5-6,8-9,11-12H2,1H3,(H,22,28). The number of nitrogens with one attached hydrogen (secondary N) is 1. The molecule has 1 aliphatic heterocycles. The summed E-state index contributed by atoms with van der Waals surface area (Å²) < 4.78 is 3.81. The molecule has 8 heteroatoms. The Hall–Kier alpha value is -3.16. The van der Waals surface area contributed by atoms with E-state index in [0.717, 1.165) is 35.6 Å². The number of pyridine rings is 1. The van der Waals surface area contributed by atoms with E-state index in [-0.39, 0.29) is 11.8 Å². The van der Waals surface area contributed by atoms with Crippen LogP contribution in [0, 0.1) is 6.92 Å². The topological polar surface area (TPSA) is 84.5 Å². The van der Waals surface area contributed by atoms with Gasteiger partial charge in [-0.25, -0.2) is 4.98 Å². The van der Waals surface area contributed by atoms with E-state index in [0.29, 0.717) is 37.8 Å². The molecule has 1 fully saturated rings. The first kappa shape index (κ1) is 17.0. The van der Waals surface area contributed by atoms with E-state index < -0.39 is 0 Å². The Morgan fingerprint density at radius 2 is 2.11 bits per heavy atom. The van der Waals surface area contributed by atoms with Gasteiger partial charge in [0.25, 0.3) is 5.91 Å². The van der Waals surface area contributed by atoms with E-state index in [1.807, 2.05) is 45.3 Å². The van der Waals surface area contributed by atoms with Crippen LogP contribution in [-0.2, 0) is 24.3 Å². The lowest BCUT2D eigenvalue weighted by atomic mass is 10.2. The number of carbonyl (C=O) groups excluding carboxylic acids is 2. The smallest absolute Gasteiger partial charge is 0.272 e. The van der Waals surface area contributed by atoms with Crippen LogP contribution >= 0.6 is 0 Å². The van der Waals surface area contributed by atoms with Crippen LogP contribution in [0.4, 0.5) is 0 Å². The molecular formula is C20H22N6O2. The lowest BCUT2D eigenvalue weighted by molar-refractivity contribution is -0.132. The minimum absolute atomic E-state index is 0.0604. The van der Waals surface area contributed by atoms with Crippen LogP contribution in [0.15, 0.2) is 30.5 Å². The fraction of sp³-hybridized carbons (Fsp3) is 0.400. The molecule has 0 spiro atoms. The minimum Gasteiger partial charge on any atom is -0.348 e. The van der Waals surface area contributed by atoms with Gasteiger partial charge in [0, 0.05) is 18.8 Å². The maximum absolute atomic E-state index is 12.9. The van der Waals surface area contributed by atoms with Gasteiger partial charge in [-0.1, -0.05) is 6.07 Å². The van der Waals surface area contributed by atoms with Gasteiger partial charge in [0.1, 0.15) is 5.65 Å². The number of nitrogens with zero attached hydrogens (tertiary/aromatic N) is 5. The highest BCUT2D eigenvalue weighted by Gasteiger charge is 2.28. The Kier molecular flexibility index (Phi) is 3.92.